The molecule has 0 aromatic heterocycles. The number of benzene rings is 1. The van der Waals surface area contributed by atoms with Crippen molar-refractivity contribution in [2.24, 2.45) is 0 Å². The molecule has 3 N–H and O–H groups in total. The van der Waals surface area contributed by atoms with Gasteiger partial charge in [-0.2, -0.15) is 0 Å². The van der Waals surface area contributed by atoms with E-state index in [4.69, 9.17) is 10.2 Å². The summed E-state index contributed by atoms with van der Waals surface area (Å²) in [5.41, 5.74) is -0.823. The number of nitro benzene ring substituents is 1. The van der Waals surface area contributed by atoms with Gasteiger partial charge >= 0.3 is 0 Å². The maximum Gasteiger partial charge on any atom is 0.270 e. The van der Waals surface area contributed by atoms with Gasteiger partial charge in [-0.1, -0.05) is 0 Å². The minimum absolute atomic E-state index is 0.402. The van der Waals surface area contributed by atoms with E-state index in [1.807, 2.05) is 0 Å². The van der Waals surface area contributed by atoms with E-state index in [9.17, 15) is 19.6 Å². The van der Waals surface area contributed by atoms with Crippen molar-refractivity contribution in [2.75, 3.05) is 6.61 Å². The molecule has 0 fully saturated rings. The molecule has 0 radical (unpaired) electrons. The quantitative estimate of drug-likeness (QED) is 0.504. The summed E-state index contributed by atoms with van der Waals surface area (Å²) < 4.78 is 13.2. The third kappa shape index (κ3) is 2.51. The number of hydrogen-bond acceptors (Lipinski definition) is 5. The van der Waals surface area contributed by atoms with Gasteiger partial charge in [0.2, 0.25) is 0 Å². The first kappa shape index (κ1) is 12.5. The normalized spacial score (nSPS) is 14.5. The number of nitrogens with zero attached hydrogens (tertiary/aromatic N) is 1. The topological polar surface area (TPSA) is 104 Å². The maximum absolute atomic E-state index is 13.2. The predicted molar refractivity (Wildman–Crippen MR) is 51.1 cm³/mol. The van der Waals surface area contributed by atoms with Crippen molar-refractivity contribution >= 4 is 5.69 Å². The lowest BCUT2D eigenvalue weighted by Crippen LogP contribution is -2.23. The van der Waals surface area contributed by atoms with Crippen LogP contribution in [-0.4, -0.2) is 33.0 Å². The molecule has 1 rings (SSSR count). The smallest absolute Gasteiger partial charge is 0.270 e. The van der Waals surface area contributed by atoms with Gasteiger partial charge in [-0.3, -0.25) is 10.1 Å². The number of non-ortho nitro benzene ring substituents is 1. The van der Waals surface area contributed by atoms with Gasteiger partial charge in [0, 0.05) is 17.7 Å². The number of rotatable bonds is 4. The highest BCUT2D eigenvalue weighted by molar-refractivity contribution is 5.36. The summed E-state index contributed by atoms with van der Waals surface area (Å²) in [5, 5.41) is 37.5. The molecule has 2 unspecified atom stereocenters. The number of hydrogen-bond donors (Lipinski definition) is 3. The van der Waals surface area contributed by atoms with E-state index < -0.39 is 40.8 Å². The van der Waals surface area contributed by atoms with Crippen LogP contribution >= 0.6 is 0 Å². The van der Waals surface area contributed by atoms with Crippen LogP contribution in [0.5, 0.6) is 0 Å². The van der Waals surface area contributed by atoms with Crippen LogP contribution in [-0.2, 0) is 0 Å². The number of aliphatic hydroxyl groups is 3. The molecule has 1 aromatic carbocycles. The van der Waals surface area contributed by atoms with Crippen molar-refractivity contribution in [3.05, 3.63) is 39.7 Å². The van der Waals surface area contributed by atoms with Gasteiger partial charge in [0.1, 0.15) is 18.0 Å². The monoisotopic (exact) mass is 231 g/mol. The second-order valence-electron chi connectivity index (χ2n) is 3.16. The second-order valence-corrected chi connectivity index (χ2v) is 3.16. The van der Waals surface area contributed by atoms with Gasteiger partial charge in [0.05, 0.1) is 11.5 Å². The molecule has 0 aliphatic heterocycles. The number of halogens is 1. The molecular formula is C9H10FNO5. The van der Waals surface area contributed by atoms with Crippen molar-refractivity contribution in [1.29, 1.82) is 0 Å². The minimum atomic E-state index is -1.70. The Balaban J connectivity index is 3.11. The van der Waals surface area contributed by atoms with E-state index in [1.165, 1.54) is 0 Å². The van der Waals surface area contributed by atoms with Crippen LogP contribution < -0.4 is 0 Å². The maximum atomic E-state index is 13.2. The summed E-state index contributed by atoms with van der Waals surface area (Å²) in [6, 6.07) is 2.58. The Bertz CT molecular complexity index is 397. The largest absolute Gasteiger partial charge is 0.394 e. The molecule has 88 valence electrons. The SMILES string of the molecule is O=[N+]([O-])c1ccc(F)c(C(O)C(O)CO)c1. The lowest BCUT2D eigenvalue weighted by Gasteiger charge is -2.16. The van der Waals surface area contributed by atoms with Crippen molar-refractivity contribution in [2.45, 2.75) is 12.2 Å². The van der Waals surface area contributed by atoms with Gasteiger partial charge < -0.3 is 15.3 Å². The molecule has 2 atom stereocenters. The minimum Gasteiger partial charge on any atom is -0.394 e. The highest BCUT2D eigenvalue weighted by atomic mass is 19.1. The molecule has 0 aliphatic carbocycles. The molecule has 7 heteroatoms. The highest BCUT2D eigenvalue weighted by Gasteiger charge is 2.23. The van der Waals surface area contributed by atoms with Crippen LogP contribution in [0.25, 0.3) is 0 Å². The zero-order valence-electron chi connectivity index (χ0n) is 8.08. The van der Waals surface area contributed by atoms with Gasteiger partial charge in [-0.25, -0.2) is 4.39 Å². The number of nitro groups is 1. The Hall–Kier alpha value is -1.57. The molecule has 0 amide bonds. The van der Waals surface area contributed by atoms with Crippen LogP contribution in [0.15, 0.2) is 18.2 Å². The van der Waals surface area contributed by atoms with Crippen molar-refractivity contribution in [3.63, 3.8) is 0 Å². The van der Waals surface area contributed by atoms with Crippen molar-refractivity contribution in [3.8, 4) is 0 Å². The Morgan fingerprint density at radius 2 is 2.06 bits per heavy atom. The summed E-state index contributed by atoms with van der Waals surface area (Å²) in [4.78, 5) is 9.67. The molecule has 0 spiro atoms. The average molecular weight is 231 g/mol. The van der Waals surface area contributed by atoms with E-state index in [0.29, 0.717) is 0 Å². The summed E-state index contributed by atoms with van der Waals surface area (Å²) in [5.74, 6) is -0.884. The summed E-state index contributed by atoms with van der Waals surface area (Å²) >= 11 is 0. The molecule has 6 nitrogen and oxygen atoms in total. The molecule has 16 heavy (non-hydrogen) atoms. The molecule has 0 saturated heterocycles. The molecule has 0 bridgehead atoms. The second kappa shape index (κ2) is 4.97. The average Bonchev–Trinajstić information content (AvgIpc) is 2.27. The molecule has 0 saturated carbocycles. The van der Waals surface area contributed by atoms with E-state index in [0.717, 1.165) is 18.2 Å². The predicted octanol–water partition coefficient (Wildman–Crippen LogP) is 0.121. The molecule has 0 heterocycles. The lowest BCUT2D eigenvalue weighted by molar-refractivity contribution is -0.385. The summed E-state index contributed by atoms with van der Waals surface area (Å²) in [6.07, 6.45) is -3.29. The fourth-order valence-electron chi connectivity index (χ4n) is 1.18. The zero-order chi connectivity index (χ0) is 12.3. The number of aliphatic hydroxyl groups excluding tert-OH is 3. The van der Waals surface area contributed by atoms with Gasteiger partial charge in [0.25, 0.3) is 5.69 Å². The Labute approximate surface area is 89.7 Å². The summed E-state index contributed by atoms with van der Waals surface area (Å²) in [7, 11) is 0. The Kier molecular flexibility index (Phi) is 3.88. The van der Waals surface area contributed by atoms with Crippen molar-refractivity contribution < 1.29 is 24.6 Å². The fourth-order valence-corrected chi connectivity index (χ4v) is 1.18. The van der Waals surface area contributed by atoms with E-state index in [2.05, 4.69) is 0 Å². The molecule has 1 aromatic rings. The fraction of sp³-hybridized carbons (Fsp3) is 0.333. The van der Waals surface area contributed by atoms with Gasteiger partial charge in [-0.15, -0.1) is 0 Å². The first-order valence-corrected chi connectivity index (χ1v) is 4.38. The van der Waals surface area contributed by atoms with Crippen LogP contribution in [0.3, 0.4) is 0 Å². The third-order valence-corrected chi connectivity index (χ3v) is 2.06. The van der Waals surface area contributed by atoms with E-state index >= 15 is 0 Å². The lowest BCUT2D eigenvalue weighted by atomic mass is 10.0. The van der Waals surface area contributed by atoms with Crippen LogP contribution in [0, 0.1) is 15.9 Å². The van der Waals surface area contributed by atoms with E-state index in [-0.39, 0.29) is 0 Å². The highest BCUT2D eigenvalue weighted by Crippen LogP contribution is 2.24. The molecular weight excluding hydrogens is 221 g/mol. The first-order valence-electron chi connectivity index (χ1n) is 4.38. The van der Waals surface area contributed by atoms with Crippen LogP contribution in [0.1, 0.15) is 11.7 Å². The molecule has 0 aliphatic rings. The third-order valence-electron chi connectivity index (χ3n) is 2.06. The summed E-state index contributed by atoms with van der Waals surface area (Å²) in [6.45, 7) is -0.775. The standard InChI is InChI=1S/C9H10FNO5/c10-7-2-1-5(11(15)16)3-6(7)9(14)8(13)4-12/h1-3,8-9,12-14H,4H2. The Morgan fingerprint density at radius 1 is 1.44 bits per heavy atom. The van der Waals surface area contributed by atoms with Gasteiger partial charge in [0.15, 0.2) is 0 Å². The Morgan fingerprint density at radius 3 is 2.56 bits per heavy atom. The van der Waals surface area contributed by atoms with Crippen molar-refractivity contribution in [1.82, 2.24) is 0 Å². The zero-order valence-corrected chi connectivity index (χ0v) is 8.08. The first-order chi connectivity index (χ1) is 7.47. The van der Waals surface area contributed by atoms with Crippen LogP contribution in [0.2, 0.25) is 0 Å². The van der Waals surface area contributed by atoms with Gasteiger partial charge in [-0.05, 0) is 6.07 Å². The van der Waals surface area contributed by atoms with E-state index in [1.54, 1.807) is 0 Å². The van der Waals surface area contributed by atoms with Crippen LogP contribution in [0.4, 0.5) is 10.1 Å².